The molecule has 17 heavy (non-hydrogen) atoms. The molecule has 0 spiro atoms. The van der Waals surface area contributed by atoms with Gasteiger partial charge in [0.2, 0.25) is 0 Å². The minimum absolute atomic E-state index is 1.64. The number of rotatable bonds is 6. The first-order chi connectivity index (χ1) is 7.12. The van der Waals surface area contributed by atoms with Gasteiger partial charge in [-0.1, -0.05) is 0 Å². The van der Waals surface area contributed by atoms with E-state index in [4.69, 9.17) is 12.3 Å². The molecule has 8 heteroatoms. The van der Waals surface area contributed by atoms with Crippen molar-refractivity contribution in [2.24, 2.45) is 0 Å². The van der Waals surface area contributed by atoms with Gasteiger partial charge in [0.25, 0.3) is 0 Å². The van der Waals surface area contributed by atoms with Crippen LogP contribution >= 0.6 is 21.8 Å². The van der Waals surface area contributed by atoms with E-state index in [2.05, 4.69) is 80.7 Å². The first-order valence-corrected chi connectivity index (χ1v) is 21.0. The summed E-state index contributed by atoms with van der Waals surface area (Å²) in [6.45, 7) is 19.7. The molecule has 0 aliphatic rings. The van der Waals surface area contributed by atoms with Crippen molar-refractivity contribution in [3.05, 3.63) is 0 Å². The van der Waals surface area contributed by atoms with Crippen LogP contribution in [0.4, 0.5) is 0 Å². The van der Waals surface area contributed by atoms with Crippen LogP contribution in [0.5, 0.6) is 0 Å². The zero-order chi connectivity index (χ0) is 14.1. The molecule has 0 aliphatic carbocycles. The van der Waals surface area contributed by atoms with Crippen LogP contribution in [0.15, 0.2) is 0 Å². The topological polar surface area (TPSA) is 27.7 Å². The van der Waals surface area contributed by atoms with Crippen LogP contribution in [0.3, 0.4) is 0 Å². The number of halogens is 1. The smallest absolute Gasteiger partial charge is 0.410 e. The molecular formula is C9H27IO3Si4. The van der Waals surface area contributed by atoms with Crippen LogP contribution < -0.4 is 0 Å². The fourth-order valence-corrected chi connectivity index (χ4v) is 29.4. The Morgan fingerprint density at radius 2 is 0.706 bits per heavy atom. The maximum Gasteiger partial charge on any atom is 0.541 e. The summed E-state index contributed by atoms with van der Waals surface area (Å²) in [6.07, 6.45) is -2.50. The fraction of sp³-hybridized carbons (Fsp3) is 1.00. The molecule has 0 aliphatic heterocycles. The van der Waals surface area contributed by atoms with E-state index in [0.29, 0.717) is 0 Å². The van der Waals surface area contributed by atoms with Gasteiger partial charge < -0.3 is 12.3 Å². The molecule has 0 saturated heterocycles. The summed E-state index contributed by atoms with van der Waals surface area (Å²) in [6, 6.07) is 0. The van der Waals surface area contributed by atoms with Gasteiger partial charge in [-0.15, -0.1) is 0 Å². The second kappa shape index (κ2) is 5.85. The second-order valence-corrected chi connectivity index (χ2v) is 27.2. The van der Waals surface area contributed by atoms with E-state index in [9.17, 15) is 0 Å². The normalized spacial score (nSPS) is 15.2. The molecule has 0 fully saturated rings. The van der Waals surface area contributed by atoms with Crippen LogP contribution in [0.25, 0.3) is 0 Å². The van der Waals surface area contributed by atoms with Crippen LogP contribution in [0.2, 0.25) is 58.9 Å². The van der Waals surface area contributed by atoms with Gasteiger partial charge in [0, 0.05) is 0 Å². The van der Waals surface area contributed by atoms with Gasteiger partial charge in [0.1, 0.15) is 0 Å². The molecule has 0 heterocycles. The molecule has 0 unspecified atom stereocenters. The highest BCUT2D eigenvalue weighted by molar-refractivity contribution is 14.1. The molecule has 0 rings (SSSR count). The predicted octanol–water partition coefficient (Wildman–Crippen LogP) is 4.41. The Balaban J connectivity index is 4.95. The largest absolute Gasteiger partial charge is 0.541 e. The monoisotopic (exact) mass is 422 g/mol. The quantitative estimate of drug-likeness (QED) is 0.361. The van der Waals surface area contributed by atoms with Gasteiger partial charge in [-0.25, -0.2) is 0 Å². The highest BCUT2D eigenvalue weighted by atomic mass is 127. The van der Waals surface area contributed by atoms with Gasteiger partial charge in [0.15, 0.2) is 25.0 Å². The van der Waals surface area contributed by atoms with Crippen molar-refractivity contribution < 1.29 is 12.3 Å². The predicted molar refractivity (Wildman–Crippen MR) is 93.1 cm³/mol. The average Bonchev–Trinajstić information content (AvgIpc) is 1.65. The Kier molecular flexibility index (Phi) is 6.36. The molecule has 3 nitrogen and oxygen atoms in total. The molecule has 0 atom stereocenters. The van der Waals surface area contributed by atoms with Crippen LogP contribution in [-0.4, -0.2) is 31.3 Å². The average molecular weight is 423 g/mol. The zero-order valence-corrected chi connectivity index (χ0v) is 18.8. The van der Waals surface area contributed by atoms with Gasteiger partial charge in [-0.2, -0.15) is 0 Å². The van der Waals surface area contributed by atoms with E-state index in [1.54, 1.807) is 0 Å². The van der Waals surface area contributed by atoms with Gasteiger partial charge in [-0.3, -0.25) is 0 Å². The second-order valence-electron chi connectivity index (χ2n) is 7.12. The Morgan fingerprint density at radius 1 is 0.529 bits per heavy atom. The van der Waals surface area contributed by atoms with E-state index in [1.807, 2.05) is 0 Å². The first kappa shape index (κ1) is 18.5. The summed E-state index contributed by atoms with van der Waals surface area (Å²) in [5.41, 5.74) is 0. The Hall–Kier alpha value is 1.48. The van der Waals surface area contributed by atoms with Crippen molar-refractivity contribution in [1.29, 1.82) is 0 Å². The fourth-order valence-electron chi connectivity index (χ4n) is 1.16. The van der Waals surface area contributed by atoms with Crippen molar-refractivity contribution >= 4 is 53.1 Å². The molecule has 0 bridgehead atoms. The van der Waals surface area contributed by atoms with Crippen LogP contribution in [0, 0.1) is 0 Å². The summed E-state index contributed by atoms with van der Waals surface area (Å²) in [7, 11) is -4.93. The maximum absolute atomic E-state index is 6.27. The van der Waals surface area contributed by atoms with Crippen molar-refractivity contribution in [1.82, 2.24) is 0 Å². The van der Waals surface area contributed by atoms with Gasteiger partial charge >= 0.3 is 6.30 Å². The highest BCUT2D eigenvalue weighted by Gasteiger charge is 2.48. The summed E-state index contributed by atoms with van der Waals surface area (Å²) in [5, 5.41) is 0. The minimum atomic E-state index is -2.50. The van der Waals surface area contributed by atoms with Gasteiger partial charge in [0.05, 0.1) is 0 Å². The third-order valence-electron chi connectivity index (χ3n) is 1.28. The zero-order valence-electron chi connectivity index (χ0n) is 12.6. The first-order valence-electron chi connectivity index (χ1n) is 5.91. The van der Waals surface area contributed by atoms with E-state index in [-0.39, 0.29) is 0 Å². The lowest BCUT2D eigenvalue weighted by Gasteiger charge is -2.38. The van der Waals surface area contributed by atoms with Crippen LogP contribution in [-0.2, 0) is 12.3 Å². The van der Waals surface area contributed by atoms with E-state index in [1.165, 1.54) is 0 Å². The van der Waals surface area contributed by atoms with E-state index in [0.717, 1.165) is 0 Å². The molecule has 0 saturated carbocycles. The van der Waals surface area contributed by atoms with Crippen molar-refractivity contribution in [3.8, 4) is 0 Å². The SMILES string of the molecule is C[Si](C)(C)O[Si](I)(O[Si](C)(C)C)O[Si](C)(C)C. The summed E-state index contributed by atoms with van der Waals surface area (Å²) >= 11 is 2.33. The lowest BCUT2D eigenvalue weighted by atomic mass is 11.8. The van der Waals surface area contributed by atoms with E-state index >= 15 is 0 Å². The van der Waals surface area contributed by atoms with Crippen molar-refractivity contribution in [2.75, 3.05) is 0 Å². The molecular weight excluding hydrogens is 395 g/mol. The standard InChI is InChI=1S/C9H27IO3Si4/c1-14(2,3)11-17(10,12-15(4,5)6)13-16(7,8)9/h1-9H3. The third kappa shape index (κ3) is 11.0. The minimum Gasteiger partial charge on any atom is -0.410 e. The lowest BCUT2D eigenvalue weighted by Crippen LogP contribution is -2.56. The molecule has 104 valence electrons. The van der Waals surface area contributed by atoms with Crippen molar-refractivity contribution in [3.63, 3.8) is 0 Å². The Labute approximate surface area is 124 Å². The summed E-state index contributed by atoms with van der Waals surface area (Å²) in [4.78, 5) is 0. The molecule has 0 radical (unpaired) electrons. The molecule has 0 aromatic carbocycles. The van der Waals surface area contributed by atoms with E-state index < -0.39 is 31.3 Å². The summed E-state index contributed by atoms with van der Waals surface area (Å²) < 4.78 is 18.8. The number of hydrogen-bond acceptors (Lipinski definition) is 3. The highest BCUT2D eigenvalue weighted by Crippen LogP contribution is 2.30. The third-order valence-corrected chi connectivity index (χ3v) is 17.5. The Bertz CT molecular complexity index is 214. The Morgan fingerprint density at radius 3 is 0.824 bits per heavy atom. The van der Waals surface area contributed by atoms with Crippen LogP contribution in [0.1, 0.15) is 0 Å². The molecule has 0 N–H and O–H groups in total. The molecule has 0 aromatic heterocycles. The lowest BCUT2D eigenvalue weighted by molar-refractivity contribution is 0.294. The summed E-state index contributed by atoms with van der Waals surface area (Å²) in [5.74, 6) is 0. The maximum atomic E-state index is 6.27. The molecule has 0 amide bonds. The number of hydrogen-bond donors (Lipinski definition) is 0. The van der Waals surface area contributed by atoms with Crippen molar-refractivity contribution in [2.45, 2.75) is 58.9 Å². The van der Waals surface area contributed by atoms with Gasteiger partial charge in [-0.05, 0) is 80.7 Å². The molecule has 0 aromatic rings.